The maximum atomic E-state index is 12.2. The second-order valence-corrected chi connectivity index (χ2v) is 7.54. The predicted octanol–water partition coefficient (Wildman–Crippen LogP) is 3.52. The van der Waals surface area contributed by atoms with Gasteiger partial charge in [-0.05, 0) is 30.7 Å². The van der Waals surface area contributed by atoms with Gasteiger partial charge in [-0.3, -0.25) is 14.6 Å². The molecular formula is C22H22N4O4S. The maximum absolute atomic E-state index is 12.2. The van der Waals surface area contributed by atoms with E-state index in [1.54, 1.807) is 36.4 Å². The molecule has 8 nitrogen and oxygen atoms in total. The van der Waals surface area contributed by atoms with Crippen molar-refractivity contribution < 1.29 is 14.3 Å². The lowest BCUT2D eigenvalue weighted by atomic mass is 10.2. The second-order valence-electron chi connectivity index (χ2n) is 6.58. The third-order valence-corrected chi connectivity index (χ3v) is 5.06. The van der Waals surface area contributed by atoms with Gasteiger partial charge < -0.3 is 10.1 Å². The average Bonchev–Trinajstić information content (AvgIpc) is 2.79. The summed E-state index contributed by atoms with van der Waals surface area (Å²) in [5.41, 5.74) is 1.50. The summed E-state index contributed by atoms with van der Waals surface area (Å²) in [6.45, 7) is 2.41. The zero-order valence-electron chi connectivity index (χ0n) is 17.0. The number of ether oxygens (including phenoxy) is 1. The van der Waals surface area contributed by atoms with E-state index >= 15 is 0 Å². The fourth-order valence-corrected chi connectivity index (χ4v) is 3.19. The Labute approximate surface area is 183 Å². The summed E-state index contributed by atoms with van der Waals surface area (Å²) < 4.78 is 5.15. The summed E-state index contributed by atoms with van der Waals surface area (Å²) in [7, 11) is 0. The number of rotatable bonds is 9. The van der Waals surface area contributed by atoms with Crippen molar-refractivity contribution in [2.45, 2.75) is 24.9 Å². The Hall–Kier alpha value is -3.46. The van der Waals surface area contributed by atoms with Gasteiger partial charge in [0.25, 0.3) is 5.56 Å². The van der Waals surface area contributed by atoms with Crippen LogP contribution in [0.3, 0.4) is 0 Å². The molecule has 31 heavy (non-hydrogen) atoms. The van der Waals surface area contributed by atoms with Crippen LogP contribution in [0, 0.1) is 0 Å². The molecule has 0 radical (unpaired) electrons. The normalized spacial score (nSPS) is 10.5. The highest BCUT2D eigenvalue weighted by Crippen LogP contribution is 2.15. The molecule has 2 aromatic carbocycles. The van der Waals surface area contributed by atoms with Crippen LogP contribution in [0.1, 0.15) is 30.1 Å². The highest BCUT2D eigenvalue weighted by Gasteiger charge is 2.11. The Bertz CT molecular complexity index is 1080. The van der Waals surface area contributed by atoms with Gasteiger partial charge in [0.05, 0.1) is 17.9 Å². The van der Waals surface area contributed by atoms with Gasteiger partial charge in [0, 0.05) is 11.3 Å². The molecule has 0 saturated carbocycles. The average molecular weight is 439 g/mol. The number of thioether (sulfide) groups is 1. The highest BCUT2D eigenvalue weighted by atomic mass is 32.2. The van der Waals surface area contributed by atoms with Gasteiger partial charge in [-0.2, -0.15) is 0 Å². The lowest BCUT2D eigenvalue weighted by Crippen LogP contribution is -2.17. The Morgan fingerprint density at radius 3 is 2.48 bits per heavy atom. The van der Waals surface area contributed by atoms with E-state index in [0.717, 1.165) is 24.6 Å². The van der Waals surface area contributed by atoms with Crippen LogP contribution in [0.5, 0.6) is 0 Å². The summed E-state index contributed by atoms with van der Waals surface area (Å²) in [5, 5.41) is 10.9. The molecule has 0 saturated heterocycles. The number of anilines is 1. The van der Waals surface area contributed by atoms with Gasteiger partial charge in [0.2, 0.25) is 5.91 Å². The van der Waals surface area contributed by atoms with Crippen LogP contribution in [0.15, 0.2) is 64.5 Å². The SMILES string of the molecule is CCCCOC(=O)c1ccc(NC(=O)CSc2nnc(-c3ccccc3)c(=O)[nH]2)cc1. The number of carbonyl (C=O) groups is 2. The zero-order valence-corrected chi connectivity index (χ0v) is 17.8. The van der Waals surface area contributed by atoms with Crippen LogP contribution in [-0.2, 0) is 9.53 Å². The number of nitrogens with zero attached hydrogens (tertiary/aromatic N) is 2. The molecule has 1 heterocycles. The van der Waals surface area contributed by atoms with Crippen LogP contribution < -0.4 is 10.9 Å². The van der Waals surface area contributed by atoms with E-state index < -0.39 is 0 Å². The van der Waals surface area contributed by atoms with Crippen LogP contribution in [0.2, 0.25) is 0 Å². The topological polar surface area (TPSA) is 114 Å². The minimum Gasteiger partial charge on any atom is -0.462 e. The van der Waals surface area contributed by atoms with Crippen molar-refractivity contribution in [3.8, 4) is 11.3 Å². The van der Waals surface area contributed by atoms with E-state index in [4.69, 9.17) is 4.74 Å². The quantitative estimate of drug-likeness (QED) is 0.298. The highest BCUT2D eigenvalue weighted by molar-refractivity contribution is 7.99. The molecule has 2 N–H and O–H groups in total. The summed E-state index contributed by atoms with van der Waals surface area (Å²) in [6.07, 6.45) is 1.77. The van der Waals surface area contributed by atoms with Crippen LogP contribution in [0.4, 0.5) is 5.69 Å². The van der Waals surface area contributed by atoms with E-state index in [0.29, 0.717) is 23.4 Å². The minimum absolute atomic E-state index is 0.0378. The molecule has 1 amide bonds. The number of hydrogen-bond donors (Lipinski definition) is 2. The number of carbonyl (C=O) groups excluding carboxylic acids is 2. The summed E-state index contributed by atoms with van der Waals surface area (Å²) in [6, 6.07) is 15.5. The van der Waals surface area contributed by atoms with E-state index in [9.17, 15) is 14.4 Å². The van der Waals surface area contributed by atoms with Crippen molar-refractivity contribution in [1.29, 1.82) is 0 Å². The number of benzene rings is 2. The maximum Gasteiger partial charge on any atom is 0.338 e. The van der Waals surface area contributed by atoms with Crippen molar-refractivity contribution in [2.24, 2.45) is 0 Å². The largest absolute Gasteiger partial charge is 0.462 e. The summed E-state index contributed by atoms with van der Waals surface area (Å²) in [5.74, 6) is -0.628. The van der Waals surface area contributed by atoms with Crippen LogP contribution >= 0.6 is 11.8 Å². The van der Waals surface area contributed by atoms with E-state index in [-0.39, 0.29) is 34.0 Å². The van der Waals surface area contributed by atoms with Crippen molar-refractivity contribution in [2.75, 3.05) is 17.7 Å². The lowest BCUT2D eigenvalue weighted by Gasteiger charge is -2.07. The van der Waals surface area contributed by atoms with Crippen molar-refractivity contribution in [1.82, 2.24) is 15.2 Å². The van der Waals surface area contributed by atoms with Crippen molar-refractivity contribution in [3.63, 3.8) is 0 Å². The van der Waals surface area contributed by atoms with Crippen molar-refractivity contribution in [3.05, 3.63) is 70.5 Å². The number of hydrogen-bond acceptors (Lipinski definition) is 7. The molecule has 0 aliphatic heterocycles. The molecule has 160 valence electrons. The number of esters is 1. The standard InChI is InChI=1S/C22H22N4O4S/c1-2-3-13-30-21(29)16-9-11-17(12-10-16)23-18(27)14-31-22-24-20(28)19(25-26-22)15-7-5-4-6-8-15/h4-12H,2-3,13-14H2,1H3,(H,23,27)(H,24,26,28). The molecule has 0 atom stereocenters. The van der Waals surface area contributed by atoms with Crippen molar-refractivity contribution >= 4 is 29.3 Å². The molecule has 3 rings (SSSR count). The first kappa shape index (κ1) is 22.2. The number of aromatic nitrogens is 3. The number of amides is 1. The van der Waals surface area contributed by atoms with Gasteiger partial charge in [-0.25, -0.2) is 4.79 Å². The second kappa shape index (κ2) is 11.1. The Morgan fingerprint density at radius 1 is 1.06 bits per heavy atom. The predicted molar refractivity (Wildman–Crippen MR) is 119 cm³/mol. The van der Waals surface area contributed by atoms with Crippen LogP contribution in [0.25, 0.3) is 11.3 Å². The van der Waals surface area contributed by atoms with Gasteiger partial charge >= 0.3 is 5.97 Å². The fourth-order valence-electron chi connectivity index (χ4n) is 2.59. The number of aromatic amines is 1. The molecule has 3 aromatic rings. The molecule has 0 spiro atoms. The van der Waals surface area contributed by atoms with Gasteiger partial charge in [-0.15, -0.1) is 10.2 Å². The Balaban J connectivity index is 1.51. The van der Waals surface area contributed by atoms with Gasteiger partial charge in [0.1, 0.15) is 0 Å². The summed E-state index contributed by atoms with van der Waals surface area (Å²) in [4.78, 5) is 39.0. The molecule has 9 heteroatoms. The molecule has 0 unspecified atom stereocenters. The van der Waals surface area contributed by atoms with E-state index in [1.807, 2.05) is 25.1 Å². The van der Waals surface area contributed by atoms with Gasteiger partial charge in [-0.1, -0.05) is 55.4 Å². The number of unbranched alkanes of at least 4 members (excludes halogenated alkanes) is 1. The first-order valence-corrected chi connectivity index (χ1v) is 10.8. The first-order valence-electron chi connectivity index (χ1n) is 9.79. The number of nitrogens with one attached hydrogen (secondary N) is 2. The lowest BCUT2D eigenvalue weighted by molar-refractivity contribution is -0.113. The summed E-state index contributed by atoms with van der Waals surface area (Å²) >= 11 is 1.07. The van der Waals surface area contributed by atoms with Gasteiger partial charge in [0.15, 0.2) is 10.9 Å². The molecule has 0 fully saturated rings. The van der Waals surface area contributed by atoms with E-state index in [1.165, 1.54) is 0 Å². The minimum atomic E-state index is -0.386. The zero-order chi connectivity index (χ0) is 22.1. The Morgan fingerprint density at radius 2 is 1.81 bits per heavy atom. The smallest absolute Gasteiger partial charge is 0.338 e. The third kappa shape index (κ3) is 6.51. The molecule has 0 bridgehead atoms. The molecular weight excluding hydrogens is 416 g/mol. The first-order chi connectivity index (χ1) is 15.1. The third-order valence-electron chi connectivity index (χ3n) is 4.20. The monoisotopic (exact) mass is 438 g/mol. The van der Waals surface area contributed by atoms with E-state index in [2.05, 4.69) is 20.5 Å². The molecule has 0 aliphatic rings. The van der Waals surface area contributed by atoms with Crippen LogP contribution in [-0.4, -0.2) is 39.4 Å². The number of H-pyrrole nitrogens is 1. The Kier molecular flexibility index (Phi) is 7.94. The molecule has 0 aliphatic carbocycles. The fraction of sp³-hybridized carbons (Fsp3) is 0.227. The molecule has 1 aromatic heterocycles.